The molecule has 4 heteroatoms. The van der Waals surface area contributed by atoms with Gasteiger partial charge in [0.1, 0.15) is 0 Å². The van der Waals surface area contributed by atoms with Gasteiger partial charge in [-0.05, 0) is 35.7 Å². The Bertz CT molecular complexity index is 625. The van der Waals surface area contributed by atoms with E-state index in [-0.39, 0.29) is 0 Å². The Morgan fingerprint density at radius 3 is 2.33 bits per heavy atom. The molecule has 2 aromatic rings. The Morgan fingerprint density at radius 1 is 1.10 bits per heavy atom. The average Bonchev–Trinajstić information content (AvgIpc) is 2.49. The molecule has 0 aliphatic rings. The highest BCUT2D eigenvalue weighted by molar-refractivity contribution is 9.10. The smallest absolute Gasteiger partial charge is 0.161 e. The number of ether oxygens (including phenoxy) is 2. The zero-order valence-corrected chi connectivity index (χ0v) is 14.0. The number of halogens is 1. The first-order valence-corrected chi connectivity index (χ1v) is 7.50. The first-order chi connectivity index (χ1) is 10.1. The van der Waals surface area contributed by atoms with Crippen LogP contribution in [-0.2, 0) is 6.42 Å². The van der Waals surface area contributed by atoms with Crippen molar-refractivity contribution < 1.29 is 14.6 Å². The van der Waals surface area contributed by atoms with Crippen molar-refractivity contribution in [1.82, 2.24) is 0 Å². The third-order valence-electron chi connectivity index (χ3n) is 3.54. The highest BCUT2D eigenvalue weighted by atomic mass is 79.9. The molecule has 3 nitrogen and oxygen atoms in total. The summed E-state index contributed by atoms with van der Waals surface area (Å²) in [6, 6.07) is 11.7. The van der Waals surface area contributed by atoms with E-state index in [1.807, 2.05) is 43.3 Å². The van der Waals surface area contributed by atoms with Crippen molar-refractivity contribution in [3.63, 3.8) is 0 Å². The molecule has 1 unspecified atom stereocenters. The predicted molar refractivity (Wildman–Crippen MR) is 87.1 cm³/mol. The molecule has 1 atom stereocenters. The topological polar surface area (TPSA) is 38.7 Å². The second kappa shape index (κ2) is 6.96. The molecule has 0 fully saturated rings. The van der Waals surface area contributed by atoms with Gasteiger partial charge in [-0.2, -0.15) is 0 Å². The fraction of sp³-hybridized carbons (Fsp3) is 0.294. The second-order valence-electron chi connectivity index (χ2n) is 4.88. The van der Waals surface area contributed by atoms with Crippen molar-refractivity contribution in [3.05, 3.63) is 57.6 Å². The van der Waals surface area contributed by atoms with Crippen LogP contribution in [0.3, 0.4) is 0 Å². The van der Waals surface area contributed by atoms with Crippen LogP contribution in [0.2, 0.25) is 0 Å². The lowest BCUT2D eigenvalue weighted by Crippen LogP contribution is -2.05. The molecular formula is C17H19BrO3. The van der Waals surface area contributed by atoms with Crippen molar-refractivity contribution in [1.29, 1.82) is 0 Å². The van der Waals surface area contributed by atoms with Gasteiger partial charge in [-0.15, -0.1) is 0 Å². The summed E-state index contributed by atoms with van der Waals surface area (Å²) >= 11 is 3.49. The minimum absolute atomic E-state index is 0.556. The number of hydrogen-bond acceptors (Lipinski definition) is 3. The molecule has 0 aromatic heterocycles. The number of aryl methyl sites for hydroxylation is 1. The van der Waals surface area contributed by atoms with E-state index in [0.29, 0.717) is 17.9 Å². The predicted octanol–water partition coefficient (Wildman–Crippen LogP) is 4.05. The standard InChI is InChI=1S/C17H19BrO3/c1-11-6-4-5-7-12(11)8-15(19)13-9-16(20-2)17(21-3)10-14(13)18/h4-7,9-10,15,19H,8H2,1-3H3. The zero-order valence-electron chi connectivity index (χ0n) is 12.4. The largest absolute Gasteiger partial charge is 0.493 e. The Kier molecular flexibility index (Phi) is 5.26. The fourth-order valence-electron chi connectivity index (χ4n) is 2.28. The Morgan fingerprint density at radius 2 is 1.71 bits per heavy atom. The summed E-state index contributed by atoms with van der Waals surface area (Å²) in [5, 5.41) is 10.5. The molecule has 2 rings (SSSR count). The number of rotatable bonds is 5. The van der Waals surface area contributed by atoms with E-state index in [4.69, 9.17) is 9.47 Å². The molecule has 0 heterocycles. The van der Waals surface area contributed by atoms with Gasteiger partial charge in [0.2, 0.25) is 0 Å². The Labute approximate surface area is 133 Å². The maximum Gasteiger partial charge on any atom is 0.161 e. The van der Waals surface area contributed by atoms with E-state index in [1.165, 1.54) is 5.56 Å². The fourth-order valence-corrected chi connectivity index (χ4v) is 2.87. The van der Waals surface area contributed by atoms with Gasteiger partial charge in [0, 0.05) is 10.9 Å². The van der Waals surface area contributed by atoms with Gasteiger partial charge in [0.15, 0.2) is 11.5 Å². The van der Waals surface area contributed by atoms with Crippen LogP contribution in [0.15, 0.2) is 40.9 Å². The van der Waals surface area contributed by atoms with Gasteiger partial charge in [-0.3, -0.25) is 0 Å². The summed E-state index contributed by atoms with van der Waals surface area (Å²) < 4.78 is 11.4. The Balaban J connectivity index is 2.31. The summed E-state index contributed by atoms with van der Waals surface area (Å²) in [6.07, 6.45) is -0.0545. The van der Waals surface area contributed by atoms with Gasteiger partial charge in [-0.25, -0.2) is 0 Å². The molecule has 0 aliphatic heterocycles. The van der Waals surface area contributed by atoms with Crippen LogP contribution in [0.25, 0.3) is 0 Å². The SMILES string of the molecule is COc1cc(Br)c(C(O)Cc2ccccc2C)cc1OC. The molecule has 0 bridgehead atoms. The second-order valence-corrected chi connectivity index (χ2v) is 5.73. The third kappa shape index (κ3) is 3.57. The molecule has 0 radical (unpaired) electrons. The first-order valence-electron chi connectivity index (χ1n) is 6.70. The number of hydrogen-bond donors (Lipinski definition) is 1. The van der Waals surface area contributed by atoms with Crippen LogP contribution in [0, 0.1) is 6.92 Å². The van der Waals surface area contributed by atoms with Crippen LogP contribution in [-0.4, -0.2) is 19.3 Å². The maximum absolute atomic E-state index is 10.5. The van der Waals surface area contributed by atoms with E-state index in [0.717, 1.165) is 15.6 Å². The molecule has 112 valence electrons. The van der Waals surface area contributed by atoms with Crippen LogP contribution in [0.5, 0.6) is 11.5 Å². The molecular weight excluding hydrogens is 332 g/mol. The van der Waals surface area contributed by atoms with E-state index >= 15 is 0 Å². The normalized spacial score (nSPS) is 12.0. The summed E-state index contributed by atoms with van der Waals surface area (Å²) in [4.78, 5) is 0. The molecule has 1 N–H and O–H groups in total. The average molecular weight is 351 g/mol. The van der Waals surface area contributed by atoms with E-state index in [2.05, 4.69) is 15.9 Å². The van der Waals surface area contributed by atoms with Crippen LogP contribution in [0.4, 0.5) is 0 Å². The highest BCUT2D eigenvalue weighted by Gasteiger charge is 2.17. The molecule has 2 aromatic carbocycles. The van der Waals surface area contributed by atoms with Crippen molar-refractivity contribution in [3.8, 4) is 11.5 Å². The Hall–Kier alpha value is -1.52. The quantitative estimate of drug-likeness (QED) is 0.883. The number of aliphatic hydroxyl groups excluding tert-OH is 1. The van der Waals surface area contributed by atoms with Crippen LogP contribution < -0.4 is 9.47 Å². The summed E-state index contributed by atoms with van der Waals surface area (Å²) in [7, 11) is 3.18. The van der Waals surface area contributed by atoms with Crippen molar-refractivity contribution in [2.24, 2.45) is 0 Å². The molecule has 0 amide bonds. The summed E-state index contributed by atoms with van der Waals surface area (Å²) in [5.74, 6) is 1.25. The summed E-state index contributed by atoms with van der Waals surface area (Å²) in [6.45, 7) is 2.05. The van der Waals surface area contributed by atoms with Crippen molar-refractivity contribution in [2.45, 2.75) is 19.4 Å². The number of methoxy groups -OCH3 is 2. The van der Waals surface area contributed by atoms with Crippen LogP contribution in [0.1, 0.15) is 22.8 Å². The highest BCUT2D eigenvalue weighted by Crippen LogP contribution is 2.37. The molecule has 0 aliphatic carbocycles. The van der Waals surface area contributed by atoms with Gasteiger partial charge >= 0.3 is 0 Å². The molecule has 0 saturated heterocycles. The van der Waals surface area contributed by atoms with E-state index in [9.17, 15) is 5.11 Å². The van der Waals surface area contributed by atoms with Gasteiger partial charge in [0.05, 0.1) is 20.3 Å². The van der Waals surface area contributed by atoms with Gasteiger partial charge in [-0.1, -0.05) is 40.2 Å². The lowest BCUT2D eigenvalue weighted by atomic mass is 9.98. The molecule has 21 heavy (non-hydrogen) atoms. The maximum atomic E-state index is 10.5. The first kappa shape index (κ1) is 15.9. The van der Waals surface area contributed by atoms with Crippen molar-refractivity contribution in [2.75, 3.05) is 14.2 Å². The number of aliphatic hydroxyl groups is 1. The lowest BCUT2D eigenvalue weighted by Gasteiger charge is -2.17. The molecule has 0 spiro atoms. The monoisotopic (exact) mass is 350 g/mol. The van der Waals surface area contributed by atoms with Crippen LogP contribution >= 0.6 is 15.9 Å². The van der Waals surface area contributed by atoms with E-state index < -0.39 is 6.10 Å². The van der Waals surface area contributed by atoms with Crippen molar-refractivity contribution >= 4 is 15.9 Å². The minimum atomic E-state index is -0.611. The zero-order chi connectivity index (χ0) is 15.4. The van der Waals surface area contributed by atoms with Gasteiger partial charge < -0.3 is 14.6 Å². The third-order valence-corrected chi connectivity index (χ3v) is 4.22. The molecule has 0 saturated carbocycles. The number of benzene rings is 2. The minimum Gasteiger partial charge on any atom is -0.493 e. The summed E-state index contributed by atoms with van der Waals surface area (Å²) in [5.41, 5.74) is 3.09. The lowest BCUT2D eigenvalue weighted by molar-refractivity contribution is 0.177. The van der Waals surface area contributed by atoms with Gasteiger partial charge in [0.25, 0.3) is 0 Å². The van der Waals surface area contributed by atoms with E-state index in [1.54, 1.807) is 14.2 Å².